The molecule has 0 bridgehead atoms. The van der Waals surface area contributed by atoms with Crippen LogP contribution in [0.1, 0.15) is 33.0 Å². The first kappa shape index (κ1) is 16.7. The third kappa shape index (κ3) is 4.69. The lowest BCUT2D eigenvalue weighted by Gasteiger charge is -2.25. The van der Waals surface area contributed by atoms with Crippen LogP contribution in [0.5, 0.6) is 0 Å². The fourth-order valence-corrected chi connectivity index (χ4v) is 2.57. The molecule has 1 aromatic rings. The molecule has 1 N–H and O–H groups in total. The first-order chi connectivity index (χ1) is 10.2. The van der Waals surface area contributed by atoms with E-state index in [-0.39, 0.29) is 6.04 Å². The molecule has 124 valence electrons. The second kappa shape index (κ2) is 6.64. The molecule has 1 aromatic heterocycles. The highest BCUT2D eigenvalue weighted by Gasteiger charge is 2.33. The minimum atomic E-state index is -0.870. The molecule has 2 rings (SSSR count). The summed E-state index contributed by atoms with van der Waals surface area (Å²) in [5.41, 5.74) is -0.533. The number of hydrogen-bond acceptors (Lipinski definition) is 4. The second-order valence-electron chi connectivity index (χ2n) is 6.75. The lowest BCUT2D eigenvalue weighted by molar-refractivity contribution is 0.0512. The zero-order valence-corrected chi connectivity index (χ0v) is 13.7. The maximum Gasteiger partial charge on any atom is 0.407 e. The van der Waals surface area contributed by atoms with Gasteiger partial charge in [-0.3, -0.25) is 4.90 Å². The van der Waals surface area contributed by atoms with E-state index in [2.05, 4.69) is 10.3 Å². The second-order valence-corrected chi connectivity index (χ2v) is 6.75. The molecular weight excluding hydrogens is 287 g/mol. The molecule has 1 saturated heterocycles. The molecule has 0 aromatic carbocycles. The van der Waals surface area contributed by atoms with Crippen LogP contribution in [0.4, 0.5) is 9.18 Å². The summed E-state index contributed by atoms with van der Waals surface area (Å²) in [6.45, 7) is 6.76. The highest BCUT2D eigenvalue weighted by Crippen LogP contribution is 2.22. The van der Waals surface area contributed by atoms with E-state index in [1.165, 1.54) is 0 Å². The topological polar surface area (TPSA) is 59.4 Å². The van der Waals surface area contributed by atoms with Crippen LogP contribution in [-0.4, -0.2) is 51.4 Å². The van der Waals surface area contributed by atoms with Gasteiger partial charge in [0.15, 0.2) is 0 Å². The molecular formula is C15H25FN4O2. The Morgan fingerprint density at radius 3 is 2.86 bits per heavy atom. The minimum Gasteiger partial charge on any atom is -0.444 e. The van der Waals surface area contributed by atoms with E-state index in [1.54, 1.807) is 6.20 Å². The molecule has 6 nitrogen and oxygen atoms in total. The normalized spacial score (nSPS) is 22.8. The monoisotopic (exact) mass is 312 g/mol. The van der Waals surface area contributed by atoms with Crippen molar-refractivity contribution in [3.8, 4) is 0 Å². The maximum atomic E-state index is 13.7. The van der Waals surface area contributed by atoms with Gasteiger partial charge in [-0.05, 0) is 27.2 Å². The summed E-state index contributed by atoms with van der Waals surface area (Å²) in [5.74, 6) is 0.886. The van der Waals surface area contributed by atoms with E-state index in [1.807, 2.05) is 43.5 Å². The Morgan fingerprint density at radius 1 is 1.55 bits per heavy atom. The van der Waals surface area contributed by atoms with E-state index in [9.17, 15) is 9.18 Å². The van der Waals surface area contributed by atoms with E-state index in [0.29, 0.717) is 26.1 Å². The Bertz CT molecular complexity index is 512. The predicted octanol–water partition coefficient (Wildman–Crippen LogP) is 1.86. The zero-order chi connectivity index (χ0) is 16.3. The summed E-state index contributed by atoms with van der Waals surface area (Å²) < 4.78 is 20.9. The van der Waals surface area contributed by atoms with Crippen molar-refractivity contribution < 1.29 is 13.9 Å². The molecule has 7 heteroatoms. The molecule has 2 heterocycles. The molecule has 0 spiro atoms. The van der Waals surface area contributed by atoms with Crippen LogP contribution in [0.25, 0.3) is 0 Å². The summed E-state index contributed by atoms with van der Waals surface area (Å²) in [6.07, 6.45) is 2.68. The highest BCUT2D eigenvalue weighted by atomic mass is 19.1. The van der Waals surface area contributed by atoms with Crippen molar-refractivity contribution in [1.29, 1.82) is 0 Å². The van der Waals surface area contributed by atoms with Crippen LogP contribution in [0.15, 0.2) is 12.4 Å². The number of aryl methyl sites for hydroxylation is 1. The van der Waals surface area contributed by atoms with Gasteiger partial charge in [-0.2, -0.15) is 0 Å². The number of nitrogens with zero attached hydrogens (tertiary/aromatic N) is 3. The maximum absolute atomic E-state index is 13.7. The lowest BCUT2D eigenvalue weighted by Crippen LogP contribution is -2.42. The van der Waals surface area contributed by atoms with E-state index < -0.39 is 17.9 Å². The van der Waals surface area contributed by atoms with Crippen molar-refractivity contribution in [2.24, 2.45) is 7.05 Å². The Balaban J connectivity index is 1.88. The van der Waals surface area contributed by atoms with Crippen LogP contribution < -0.4 is 5.32 Å². The molecule has 1 aliphatic heterocycles. The summed E-state index contributed by atoms with van der Waals surface area (Å²) in [6, 6.07) is -0.0424. The van der Waals surface area contributed by atoms with E-state index >= 15 is 0 Å². The standard InChI is InChI=1S/C15H25FN4O2/c1-15(2,3)22-14(21)18-8-12-7-11(16)9-20(12)10-13-17-5-6-19(13)4/h5-6,11-12H,7-10H2,1-4H3,(H,18,21)/t11-,12-/m0/s1. The number of nitrogens with one attached hydrogen (secondary N) is 1. The first-order valence-electron chi connectivity index (χ1n) is 7.56. The molecule has 0 saturated carbocycles. The lowest BCUT2D eigenvalue weighted by atomic mass is 10.2. The van der Waals surface area contributed by atoms with Gasteiger partial charge in [0.1, 0.15) is 17.6 Å². The van der Waals surface area contributed by atoms with E-state index in [4.69, 9.17) is 4.74 Å². The number of rotatable bonds is 4. The van der Waals surface area contributed by atoms with Gasteiger partial charge in [-0.25, -0.2) is 14.2 Å². The number of likely N-dealkylation sites (tertiary alicyclic amines) is 1. The van der Waals surface area contributed by atoms with Crippen molar-refractivity contribution in [2.75, 3.05) is 13.1 Å². The Morgan fingerprint density at radius 2 is 2.27 bits per heavy atom. The molecule has 1 fully saturated rings. The molecule has 1 aliphatic rings. The Labute approximate surface area is 130 Å². The van der Waals surface area contributed by atoms with Crippen molar-refractivity contribution in [3.63, 3.8) is 0 Å². The summed E-state index contributed by atoms with van der Waals surface area (Å²) >= 11 is 0. The van der Waals surface area contributed by atoms with Gasteiger partial charge in [0.05, 0.1) is 6.54 Å². The fourth-order valence-electron chi connectivity index (χ4n) is 2.57. The van der Waals surface area contributed by atoms with Crippen molar-refractivity contribution in [2.45, 2.75) is 51.6 Å². The number of halogens is 1. The van der Waals surface area contributed by atoms with Gasteiger partial charge in [-0.1, -0.05) is 0 Å². The SMILES string of the molecule is Cn1ccnc1CN1C[C@@H](F)C[C@H]1CNC(=O)OC(C)(C)C. The van der Waals surface area contributed by atoms with Gasteiger partial charge in [0, 0.05) is 38.6 Å². The van der Waals surface area contributed by atoms with Gasteiger partial charge in [-0.15, -0.1) is 0 Å². The highest BCUT2D eigenvalue weighted by molar-refractivity contribution is 5.67. The average molecular weight is 312 g/mol. The molecule has 0 radical (unpaired) electrons. The fraction of sp³-hybridized carbons (Fsp3) is 0.733. The Hall–Kier alpha value is -1.63. The summed E-state index contributed by atoms with van der Waals surface area (Å²) in [4.78, 5) is 18.0. The van der Waals surface area contributed by atoms with Crippen molar-refractivity contribution in [1.82, 2.24) is 19.8 Å². The van der Waals surface area contributed by atoms with Crippen LogP contribution in [-0.2, 0) is 18.3 Å². The number of alkyl carbamates (subject to hydrolysis) is 1. The predicted molar refractivity (Wildman–Crippen MR) is 81.2 cm³/mol. The van der Waals surface area contributed by atoms with Crippen LogP contribution in [0.3, 0.4) is 0 Å². The first-order valence-corrected chi connectivity index (χ1v) is 7.56. The van der Waals surface area contributed by atoms with Crippen molar-refractivity contribution in [3.05, 3.63) is 18.2 Å². The van der Waals surface area contributed by atoms with Crippen LogP contribution >= 0.6 is 0 Å². The number of aromatic nitrogens is 2. The molecule has 2 atom stereocenters. The largest absolute Gasteiger partial charge is 0.444 e. The molecule has 22 heavy (non-hydrogen) atoms. The van der Waals surface area contributed by atoms with Gasteiger partial charge >= 0.3 is 6.09 Å². The number of carbonyl (C=O) groups excluding carboxylic acids is 1. The average Bonchev–Trinajstić information content (AvgIpc) is 2.92. The minimum absolute atomic E-state index is 0.0424. The molecule has 0 unspecified atom stereocenters. The summed E-state index contributed by atoms with van der Waals surface area (Å²) in [5, 5.41) is 2.73. The third-order valence-corrected chi connectivity index (χ3v) is 3.62. The molecule has 1 amide bonds. The van der Waals surface area contributed by atoms with Crippen LogP contribution in [0.2, 0.25) is 0 Å². The number of alkyl halides is 1. The van der Waals surface area contributed by atoms with Gasteiger partial charge in [0.25, 0.3) is 0 Å². The van der Waals surface area contributed by atoms with Crippen LogP contribution in [0, 0.1) is 0 Å². The molecule has 0 aliphatic carbocycles. The smallest absolute Gasteiger partial charge is 0.407 e. The van der Waals surface area contributed by atoms with Gasteiger partial charge < -0.3 is 14.6 Å². The third-order valence-electron chi connectivity index (χ3n) is 3.62. The Kier molecular flexibility index (Phi) is 5.05. The number of imidazole rings is 1. The summed E-state index contributed by atoms with van der Waals surface area (Å²) in [7, 11) is 1.92. The number of carbonyl (C=O) groups is 1. The quantitative estimate of drug-likeness (QED) is 0.922. The van der Waals surface area contributed by atoms with Crippen molar-refractivity contribution >= 4 is 6.09 Å². The van der Waals surface area contributed by atoms with E-state index in [0.717, 1.165) is 5.82 Å². The number of amides is 1. The number of hydrogen-bond donors (Lipinski definition) is 1. The van der Waals surface area contributed by atoms with Gasteiger partial charge in [0.2, 0.25) is 0 Å². The number of ether oxygens (including phenoxy) is 1. The zero-order valence-electron chi connectivity index (χ0n) is 13.7.